The number of hydrogen-bond acceptors (Lipinski definition) is 5. The minimum absolute atomic E-state index is 0. The Labute approximate surface area is 226 Å². The molecule has 0 radical (unpaired) electrons. The van der Waals surface area contributed by atoms with E-state index in [0.29, 0.717) is 27.9 Å². The molecule has 0 fully saturated rings. The van der Waals surface area contributed by atoms with Gasteiger partial charge in [0, 0.05) is 5.56 Å². The number of anilines is 2. The van der Waals surface area contributed by atoms with Gasteiger partial charge in [0.05, 0.1) is 15.9 Å². The maximum Gasteiger partial charge on any atom is 0.326 e. The second-order valence-corrected chi connectivity index (χ2v) is 11.4. The Morgan fingerprint density at radius 2 is 1.63 bits per heavy atom. The Kier molecular flexibility index (Phi) is 8.57. The van der Waals surface area contributed by atoms with Crippen LogP contribution >= 0.6 is 11.3 Å². The fourth-order valence-corrected chi connectivity index (χ4v) is 4.87. The summed E-state index contributed by atoms with van der Waals surface area (Å²) in [5, 5.41) is 15.7. The molecule has 4 aromatic rings. The number of amides is 1. The molecule has 3 aromatic carbocycles. The SMILES string of the molecule is C.CC(C)c1ccc2nc(Nc3ccc(-c4ccc(C(=O)N[C@H](C(=O)O)C(C)(C)C)cc4)cc3F)sc2c1. The Hall–Kier alpha value is -3.78. The molecule has 1 heterocycles. The number of nitrogens with zero attached hydrogens (tertiary/aromatic N) is 1. The largest absolute Gasteiger partial charge is 0.480 e. The minimum atomic E-state index is -1.09. The minimum Gasteiger partial charge on any atom is -0.480 e. The molecule has 1 aromatic heterocycles. The van der Waals surface area contributed by atoms with Crippen molar-refractivity contribution in [2.75, 3.05) is 5.32 Å². The van der Waals surface area contributed by atoms with E-state index in [2.05, 4.69) is 41.6 Å². The maximum absolute atomic E-state index is 15.0. The van der Waals surface area contributed by atoms with E-state index in [0.717, 1.165) is 15.8 Å². The van der Waals surface area contributed by atoms with Crippen LogP contribution in [-0.2, 0) is 4.79 Å². The molecule has 1 atom stereocenters. The number of carbonyl (C=O) groups is 2. The molecule has 0 saturated carbocycles. The molecule has 38 heavy (non-hydrogen) atoms. The third-order valence-electron chi connectivity index (χ3n) is 6.16. The summed E-state index contributed by atoms with van der Waals surface area (Å²) in [4.78, 5) is 28.7. The van der Waals surface area contributed by atoms with Gasteiger partial charge in [-0.15, -0.1) is 0 Å². The molecular weight excluding hydrogens is 501 g/mol. The first kappa shape index (κ1) is 28.8. The lowest BCUT2D eigenvalue weighted by atomic mass is 9.86. The fraction of sp³-hybridized carbons (Fsp3) is 0.300. The molecule has 1 amide bonds. The van der Waals surface area contributed by atoms with Crippen molar-refractivity contribution in [3.8, 4) is 11.1 Å². The van der Waals surface area contributed by atoms with Crippen molar-refractivity contribution in [1.29, 1.82) is 0 Å². The van der Waals surface area contributed by atoms with Gasteiger partial charge in [0.25, 0.3) is 5.91 Å². The molecule has 0 aliphatic rings. The Bertz CT molecular complexity index is 1460. The molecule has 0 unspecified atom stereocenters. The highest BCUT2D eigenvalue weighted by atomic mass is 32.1. The van der Waals surface area contributed by atoms with Crippen LogP contribution in [0.1, 0.15) is 63.9 Å². The number of aromatic nitrogens is 1. The average Bonchev–Trinajstić information content (AvgIpc) is 3.24. The van der Waals surface area contributed by atoms with Crippen LogP contribution in [0, 0.1) is 11.2 Å². The number of benzene rings is 3. The van der Waals surface area contributed by atoms with Crippen LogP contribution in [0.2, 0.25) is 0 Å². The van der Waals surface area contributed by atoms with Crippen molar-refractivity contribution in [2.45, 2.75) is 54.0 Å². The van der Waals surface area contributed by atoms with Crippen molar-refractivity contribution >= 4 is 44.2 Å². The van der Waals surface area contributed by atoms with Gasteiger partial charge in [-0.1, -0.05) is 77.6 Å². The molecule has 4 rings (SSSR count). The van der Waals surface area contributed by atoms with Gasteiger partial charge in [0.15, 0.2) is 5.13 Å². The van der Waals surface area contributed by atoms with Gasteiger partial charge >= 0.3 is 5.97 Å². The van der Waals surface area contributed by atoms with Crippen LogP contribution in [0.3, 0.4) is 0 Å². The van der Waals surface area contributed by atoms with Crippen molar-refractivity contribution in [1.82, 2.24) is 10.3 Å². The molecule has 3 N–H and O–H groups in total. The Morgan fingerprint density at radius 1 is 0.974 bits per heavy atom. The second-order valence-electron chi connectivity index (χ2n) is 10.4. The zero-order valence-corrected chi connectivity index (χ0v) is 22.2. The molecule has 0 saturated heterocycles. The van der Waals surface area contributed by atoms with Gasteiger partial charge in [-0.25, -0.2) is 14.2 Å². The summed E-state index contributed by atoms with van der Waals surface area (Å²) < 4.78 is 16.0. The summed E-state index contributed by atoms with van der Waals surface area (Å²) in [6.45, 7) is 9.54. The first-order chi connectivity index (χ1) is 17.4. The molecule has 0 bridgehead atoms. The van der Waals surface area contributed by atoms with E-state index in [1.54, 1.807) is 57.2 Å². The Morgan fingerprint density at radius 3 is 2.21 bits per heavy atom. The van der Waals surface area contributed by atoms with E-state index in [4.69, 9.17) is 0 Å². The number of carboxylic acids is 1. The third-order valence-corrected chi connectivity index (χ3v) is 7.09. The summed E-state index contributed by atoms with van der Waals surface area (Å²) >= 11 is 1.48. The fourth-order valence-electron chi connectivity index (χ4n) is 3.94. The van der Waals surface area contributed by atoms with E-state index in [1.165, 1.54) is 23.0 Å². The monoisotopic (exact) mass is 535 g/mol. The van der Waals surface area contributed by atoms with Crippen LogP contribution in [0.5, 0.6) is 0 Å². The van der Waals surface area contributed by atoms with E-state index < -0.39 is 29.2 Å². The summed E-state index contributed by atoms with van der Waals surface area (Å²) in [5.41, 5.74) is 3.50. The number of aliphatic carboxylic acids is 1. The van der Waals surface area contributed by atoms with Gasteiger partial charge in [-0.3, -0.25) is 4.79 Å². The smallest absolute Gasteiger partial charge is 0.326 e. The summed E-state index contributed by atoms with van der Waals surface area (Å²) in [7, 11) is 0. The van der Waals surface area contributed by atoms with Crippen molar-refractivity contribution in [3.05, 3.63) is 77.6 Å². The number of carboxylic acid groups (broad SMARTS) is 1. The summed E-state index contributed by atoms with van der Waals surface area (Å²) in [5.74, 6) is -1.57. The maximum atomic E-state index is 15.0. The number of halogens is 1. The van der Waals surface area contributed by atoms with Crippen LogP contribution < -0.4 is 10.6 Å². The molecule has 6 nitrogen and oxygen atoms in total. The Balaban J connectivity index is 0.00000400. The number of thiazole rings is 1. The molecule has 0 spiro atoms. The van der Waals surface area contributed by atoms with Gasteiger partial charge < -0.3 is 15.7 Å². The lowest BCUT2D eigenvalue weighted by molar-refractivity contribution is -0.142. The summed E-state index contributed by atoms with van der Waals surface area (Å²) in [6, 6.07) is 16.7. The normalized spacial score (nSPS) is 12.2. The molecule has 0 aliphatic heterocycles. The zero-order chi connectivity index (χ0) is 26.9. The van der Waals surface area contributed by atoms with E-state index in [-0.39, 0.29) is 7.43 Å². The first-order valence-corrected chi connectivity index (χ1v) is 12.8. The highest BCUT2D eigenvalue weighted by molar-refractivity contribution is 7.22. The number of carbonyl (C=O) groups excluding carboxylic acids is 1. The van der Waals surface area contributed by atoms with Gasteiger partial charge in [-0.05, 0) is 64.4 Å². The molecule has 8 heteroatoms. The lowest BCUT2D eigenvalue weighted by Gasteiger charge is -2.27. The summed E-state index contributed by atoms with van der Waals surface area (Å²) in [6.07, 6.45) is 0. The van der Waals surface area contributed by atoms with Crippen LogP contribution in [-0.4, -0.2) is 28.0 Å². The zero-order valence-electron chi connectivity index (χ0n) is 21.4. The lowest BCUT2D eigenvalue weighted by Crippen LogP contribution is -2.49. The molecular formula is C30H34FN3O3S. The van der Waals surface area contributed by atoms with E-state index in [1.807, 2.05) is 6.07 Å². The number of fused-ring (bicyclic) bond motifs is 1. The van der Waals surface area contributed by atoms with E-state index in [9.17, 15) is 19.1 Å². The van der Waals surface area contributed by atoms with Crippen molar-refractivity contribution < 1.29 is 19.1 Å². The number of nitrogens with one attached hydrogen (secondary N) is 2. The molecule has 200 valence electrons. The second kappa shape index (κ2) is 11.3. The van der Waals surface area contributed by atoms with Crippen molar-refractivity contribution in [2.24, 2.45) is 5.41 Å². The average molecular weight is 536 g/mol. The molecule has 0 aliphatic carbocycles. The number of hydrogen-bond donors (Lipinski definition) is 3. The van der Waals surface area contributed by atoms with Gasteiger partial charge in [-0.2, -0.15) is 0 Å². The predicted octanol–water partition coefficient (Wildman–Crippen LogP) is 7.83. The predicted molar refractivity (Wildman–Crippen MR) is 154 cm³/mol. The van der Waals surface area contributed by atoms with Gasteiger partial charge in [0.2, 0.25) is 0 Å². The highest BCUT2D eigenvalue weighted by Gasteiger charge is 2.32. The first-order valence-electron chi connectivity index (χ1n) is 12.0. The van der Waals surface area contributed by atoms with Gasteiger partial charge in [0.1, 0.15) is 11.9 Å². The van der Waals surface area contributed by atoms with Crippen LogP contribution in [0.15, 0.2) is 60.7 Å². The van der Waals surface area contributed by atoms with Crippen LogP contribution in [0.4, 0.5) is 15.2 Å². The topological polar surface area (TPSA) is 91.3 Å². The van der Waals surface area contributed by atoms with Crippen molar-refractivity contribution in [3.63, 3.8) is 0 Å². The van der Waals surface area contributed by atoms with Crippen LogP contribution in [0.25, 0.3) is 21.3 Å². The quantitative estimate of drug-likeness (QED) is 0.224. The third kappa shape index (κ3) is 6.37. The standard InChI is InChI=1S/C29H30FN3O3S.CH4/c1-16(2)19-10-13-23-24(15-19)37-28(32-23)31-22-12-11-20(14-21(22)30)17-6-8-18(9-7-17)26(34)33-25(27(35)36)29(3,4)5;/h6-16,25H,1-5H3,(H,31,32)(H,33,34)(H,35,36);1H4/t25-;/m1./s1. The number of rotatable bonds is 7. The van der Waals surface area contributed by atoms with E-state index >= 15 is 0 Å². The highest BCUT2D eigenvalue weighted by Crippen LogP contribution is 2.32.